The van der Waals surface area contributed by atoms with Gasteiger partial charge in [0.2, 0.25) is 0 Å². The van der Waals surface area contributed by atoms with Crippen molar-refractivity contribution in [2.45, 2.75) is 45.3 Å². The van der Waals surface area contributed by atoms with Crippen molar-refractivity contribution in [3.8, 4) is 17.4 Å². The molecule has 3 aromatic rings. The molecular formula is C26H30FN7O. The molecule has 0 saturated carbocycles. The highest BCUT2D eigenvalue weighted by molar-refractivity contribution is 5.79. The zero-order chi connectivity index (χ0) is 23.9. The lowest BCUT2D eigenvalue weighted by Gasteiger charge is -2.30. The second-order valence-electron chi connectivity index (χ2n) is 9.69. The highest BCUT2D eigenvalue weighted by Crippen LogP contribution is 2.30. The summed E-state index contributed by atoms with van der Waals surface area (Å²) in [4.78, 5) is 20.6. The van der Waals surface area contributed by atoms with E-state index in [4.69, 9.17) is 9.72 Å². The van der Waals surface area contributed by atoms with E-state index in [1.165, 1.54) is 30.8 Å². The molecule has 3 aliphatic rings. The van der Waals surface area contributed by atoms with Gasteiger partial charge in [0, 0.05) is 43.5 Å². The summed E-state index contributed by atoms with van der Waals surface area (Å²) in [6.07, 6.45) is 12.0. The highest BCUT2D eigenvalue weighted by atomic mass is 19.1. The van der Waals surface area contributed by atoms with E-state index in [1.807, 2.05) is 18.4 Å². The van der Waals surface area contributed by atoms with Gasteiger partial charge in [-0.05, 0) is 44.2 Å². The zero-order valence-corrected chi connectivity index (χ0v) is 20.1. The molecule has 2 aliphatic heterocycles. The third-order valence-electron chi connectivity index (χ3n) is 7.23. The van der Waals surface area contributed by atoms with Gasteiger partial charge in [-0.2, -0.15) is 9.97 Å². The predicted molar refractivity (Wildman–Crippen MR) is 132 cm³/mol. The standard InChI is InChI=1S/C26H30FN7O/c1-3-35-26-30-16(2)23-25(32-26)34(24(31-23)19-8-20(27)11-28-10-19)14-18-6-4-17(5-7-18)13-33-15-21-9-22(33)12-29-21/h4,6-8,10-11,17,21-22,29H,3,5,9,12-15H2,1-2H3. The third-order valence-corrected chi connectivity index (χ3v) is 7.23. The maximum Gasteiger partial charge on any atom is 0.318 e. The number of aryl methyl sites for hydroxylation is 1. The van der Waals surface area contributed by atoms with Gasteiger partial charge in [0.1, 0.15) is 17.2 Å². The van der Waals surface area contributed by atoms with Crippen molar-refractivity contribution >= 4 is 11.2 Å². The molecule has 1 aliphatic carbocycles. The second kappa shape index (κ2) is 9.13. The lowest BCUT2D eigenvalue weighted by Crippen LogP contribution is -2.45. The van der Waals surface area contributed by atoms with E-state index in [1.54, 1.807) is 6.20 Å². The van der Waals surface area contributed by atoms with Gasteiger partial charge in [-0.15, -0.1) is 0 Å². The number of imidazole rings is 1. The summed E-state index contributed by atoms with van der Waals surface area (Å²) in [5.41, 5.74) is 3.88. The number of rotatable bonds is 7. The van der Waals surface area contributed by atoms with E-state index in [-0.39, 0.29) is 0 Å². The van der Waals surface area contributed by atoms with E-state index in [0.717, 1.165) is 25.2 Å². The van der Waals surface area contributed by atoms with Crippen LogP contribution >= 0.6 is 0 Å². The van der Waals surface area contributed by atoms with Crippen LogP contribution in [0, 0.1) is 18.7 Å². The smallest absolute Gasteiger partial charge is 0.318 e. The third kappa shape index (κ3) is 4.34. The Morgan fingerprint density at radius 3 is 2.86 bits per heavy atom. The van der Waals surface area contributed by atoms with Gasteiger partial charge < -0.3 is 14.6 Å². The van der Waals surface area contributed by atoms with Crippen LogP contribution in [0.25, 0.3) is 22.6 Å². The monoisotopic (exact) mass is 475 g/mol. The van der Waals surface area contributed by atoms with Crippen LogP contribution in [0.1, 0.15) is 25.5 Å². The minimum Gasteiger partial charge on any atom is -0.464 e. The van der Waals surface area contributed by atoms with Gasteiger partial charge in [0.15, 0.2) is 5.65 Å². The molecule has 3 unspecified atom stereocenters. The fraction of sp³-hybridized carbons (Fsp3) is 0.462. The summed E-state index contributed by atoms with van der Waals surface area (Å²) in [6.45, 7) is 8.25. The molecule has 35 heavy (non-hydrogen) atoms. The van der Waals surface area contributed by atoms with E-state index in [0.29, 0.717) is 59.7 Å². The van der Waals surface area contributed by atoms with Crippen LogP contribution in [0.5, 0.6) is 6.01 Å². The van der Waals surface area contributed by atoms with Crippen LogP contribution in [0.3, 0.4) is 0 Å². The van der Waals surface area contributed by atoms with Gasteiger partial charge in [0.25, 0.3) is 0 Å². The molecule has 6 rings (SSSR count). The Labute approximate surface area is 203 Å². The summed E-state index contributed by atoms with van der Waals surface area (Å²) < 4.78 is 21.6. The van der Waals surface area contributed by atoms with E-state index >= 15 is 0 Å². The van der Waals surface area contributed by atoms with Crippen molar-refractivity contribution in [2.75, 3.05) is 26.2 Å². The number of ether oxygens (including phenoxy) is 1. The molecule has 0 aromatic carbocycles. The van der Waals surface area contributed by atoms with Crippen LogP contribution in [0.4, 0.5) is 4.39 Å². The molecule has 182 valence electrons. The topological polar surface area (TPSA) is 81.0 Å². The van der Waals surface area contributed by atoms with Crippen molar-refractivity contribution in [1.29, 1.82) is 0 Å². The zero-order valence-electron chi connectivity index (χ0n) is 20.1. The molecule has 5 heterocycles. The summed E-state index contributed by atoms with van der Waals surface area (Å²) in [6, 6.07) is 3.15. The van der Waals surface area contributed by atoms with Crippen molar-refractivity contribution in [1.82, 2.24) is 34.7 Å². The Morgan fingerprint density at radius 2 is 2.14 bits per heavy atom. The predicted octanol–water partition coefficient (Wildman–Crippen LogP) is 3.28. The Kier molecular flexibility index (Phi) is 5.82. The number of likely N-dealkylation sites (tertiary alicyclic amines) is 1. The number of nitrogens with zero attached hydrogens (tertiary/aromatic N) is 6. The Hall–Kier alpha value is -3.17. The largest absolute Gasteiger partial charge is 0.464 e. The highest BCUT2D eigenvalue weighted by Gasteiger charge is 2.37. The number of fused-ring (bicyclic) bond motifs is 3. The first kappa shape index (κ1) is 22.3. The van der Waals surface area contributed by atoms with E-state index in [9.17, 15) is 4.39 Å². The Balaban J connectivity index is 1.29. The molecule has 2 fully saturated rings. The minimum absolute atomic E-state index is 0.324. The van der Waals surface area contributed by atoms with Crippen molar-refractivity contribution in [3.63, 3.8) is 0 Å². The maximum atomic E-state index is 14.0. The molecule has 9 heteroatoms. The van der Waals surface area contributed by atoms with Crippen molar-refractivity contribution in [2.24, 2.45) is 5.92 Å². The first-order valence-corrected chi connectivity index (χ1v) is 12.4. The fourth-order valence-corrected chi connectivity index (χ4v) is 5.53. The minimum atomic E-state index is -0.399. The summed E-state index contributed by atoms with van der Waals surface area (Å²) in [5.74, 6) is 0.748. The molecule has 1 N–H and O–H groups in total. The number of hydrogen-bond acceptors (Lipinski definition) is 7. The molecule has 3 aromatic heterocycles. The molecule has 0 amide bonds. The Bertz CT molecular complexity index is 1320. The van der Waals surface area contributed by atoms with Gasteiger partial charge in [-0.3, -0.25) is 9.88 Å². The molecule has 2 saturated heterocycles. The van der Waals surface area contributed by atoms with Crippen molar-refractivity contribution in [3.05, 3.63) is 53.8 Å². The molecule has 2 bridgehead atoms. The molecular weight excluding hydrogens is 445 g/mol. The maximum absolute atomic E-state index is 14.0. The molecule has 0 spiro atoms. The number of piperazine rings is 1. The van der Waals surface area contributed by atoms with Crippen LogP contribution in [-0.4, -0.2) is 67.7 Å². The van der Waals surface area contributed by atoms with E-state index < -0.39 is 5.82 Å². The number of allylic oxidation sites excluding steroid dienone is 3. The number of aromatic nitrogens is 5. The first-order chi connectivity index (χ1) is 17.1. The summed E-state index contributed by atoms with van der Waals surface area (Å²) >= 11 is 0. The average molecular weight is 476 g/mol. The molecule has 3 atom stereocenters. The normalized spacial score (nSPS) is 23.9. The quantitative estimate of drug-likeness (QED) is 0.562. The second-order valence-corrected chi connectivity index (χ2v) is 9.69. The molecule has 8 nitrogen and oxygen atoms in total. The Morgan fingerprint density at radius 1 is 1.23 bits per heavy atom. The SMILES string of the molecule is CCOc1nc(C)c2nc(-c3cncc(F)c3)n(CC3=CCC(CN4CC5CC4CN5)C=C3)c2n1. The van der Waals surface area contributed by atoms with Gasteiger partial charge in [0.05, 0.1) is 25.0 Å². The van der Waals surface area contributed by atoms with Crippen molar-refractivity contribution < 1.29 is 9.13 Å². The summed E-state index contributed by atoms with van der Waals surface area (Å²) in [5, 5.41) is 3.58. The first-order valence-electron chi connectivity index (χ1n) is 12.4. The van der Waals surface area contributed by atoms with Gasteiger partial charge in [-0.25, -0.2) is 9.37 Å². The number of halogens is 1. The number of hydrogen-bond donors (Lipinski definition) is 1. The van der Waals surface area contributed by atoms with Crippen LogP contribution in [0.2, 0.25) is 0 Å². The van der Waals surface area contributed by atoms with Crippen LogP contribution in [-0.2, 0) is 6.54 Å². The lowest BCUT2D eigenvalue weighted by molar-refractivity contribution is 0.205. The van der Waals surface area contributed by atoms with Crippen LogP contribution < -0.4 is 10.1 Å². The number of nitrogens with one attached hydrogen (secondary N) is 1. The fourth-order valence-electron chi connectivity index (χ4n) is 5.53. The van der Waals surface area contributed by atoms with Crippen LogP contribution in [0.15, 0.2) is 42.3 Å². The average Bonchev–Trinajstić information content (AvgIpc) is 3.56. The van der Waals surface area contributed by atoms with Gasteiger partial charge in [-0.1, -0.05) is 18.2 Å². The van der Waals surface area contributed by atoms with Gasteiger partial charge >= 0.3 is 6.01 Å². The molecule has 0 radical (unpaired) electrons. The number of pyridine rings is 1. The summed E-state index contributed by atoms with van der Waals surface area (Å²) in [7, 11) is 0. The van der Waals surface area contributed by atoms with E-state index in [2.05, 4.69) is 43.4 Å². The lowest BCUT2D eigenvalue weighted by atomic mass is 9.95.